The summed E-state index contributed by atoms with van der Waals surface area (Å²) in [6, 6.07) is 9.70. The molecule has 0 saturated heterocycles. The highest BCUT2D eigenvalue weighted by Crippen LogP contribution is 2.31. The number of furan rings is 1. The Bertz CT molecular complexity index is 602. The molecule has 128 valence electrons. The van der Waals surface area contributed by atoms with Crippen LogP contribution in [0.4, 0.5) is 0 Å². The Kier molecular flexibility index (Phi) is 9.25. The molecule has 0 aliphatic rings. The fourth-order valence-corrected chi connectivity index (χ4v) is 2.80. The minimum Gasteiger partial charge on any atom is -0.460 e. The molecule has 0 aliphatic carbocycles. The molecule has 6 heteroatoms. The van der Waals surface area contributed by atoms with E-state index in [2.05, 4.69) is 21.2 Å². The largest absolute Gasteiger partial charge is 0.460 e. The SMILES string of the molecule is CC(C)OCCCNCc1ccc(-c2ccc(Br)cc2Cl)o1.Cl. The quantitative estimate of drug-likeness (QED) is 0.555. The average molecular weight is 423 g/mol. The molecule has 0 fully saturated rings. The maximum atomic E-state index is 6.24. The summed E-state index contributed by atoms with van der Waals surface area (Å²) >= 11 is 9.64. The summed E-state index contributed by atoms with van der Waals surface area (Å²) in [7, 11) is 0. The molecule has 1 aromatic carbocycles. The Morgan fingerprint density at radius 3 is 2.74 bits per heavy atom. The van der Waals surface area contributed by atoms with Gasteiger partial charge >= 0.3 is 0 Å². The van der Waals surface area contributed by atoms with Gasteiger partial charge in [-0.15, -0.1) is 12.4 Å². The highest BCUT2D eigenvalue weighted by molar-refractivity contribution is 9.10. The summed E-state index contributed by atoms with van der Waals surface area (Å²) in [5.74, 6) is 1.69. The molecule has 1 N–H and O–H groups in total. The summed E-state index contributed by atoms with van der Waals surface area (Å²) in [6.45, 7) is 6.48. The first-order chi connectivity index (χ1) is 10.6. The van der Waals surface area contributed by atoms with Gasteiger partial charge in [0.2, 0.25) is 0 Å². The first-order valence-corrected chi connectivity index (χ1v) is 8.60. The van der Waals surface area contributed by atoms with Gasteiger partial charge in [-0.1, -0.05) is 27.5 Å². The molecular formula is C17H22BrCl2NO2. The van der Waals surface area contributed by atoms with Crippen LogP contribution in [-0.4, -0.2) is 19.3 Å². The van der Waals surface area contributed by atoms with Gasteiger partial charge in [0.25, 0.3) is 0 Å². The van der Waals surface area contributed by atoms with Crippen molar-refractivity contribution in [3.8, 4) is 11.3 Å². The van der Waals surface area contributed by atoms with E-state index in [4.69, 9.17) is 20.8 Å². The van der Waals surface area contributed by atoms with Crippen molar-refractivity contribution < 1.29 is 9.15 Å². The number of nitrogens with one attached hydrogen (secondary N) is 1. The minimum atomic E-state index is 0. The average Bonchev–Trinajstić information content (AvgIpc) is 2.91. The van der Waals surface area contributed by atoms with Gasteiger partial charge < -0.3 is 14.5 Å². The number of hydrogen-bond acceptors (Lipinski definition) is 3. The van der Waals surface area contributed by atoms with Crippen molar-refractivity contribution >= 4 is 39.9 Å². The van der Waals surface area contributed by atoms with Crippen LogP contribution in [0.2, 0.25) is 5.02 Å². The third-order valence-corrected chi connectivity index (χ3v) is 3.91. The lowest BCUT2D eigenvalue weighted by atomic mass is 10.2. The van der Waals surface area contributed by atoms with Gasteiger partial charge in [0.15, 0.2) is 0 Å². The predicted molar refractivity (Wildman–Crippen MR) is 102 cm³/mol. The highest BCUT2D eigenvalue weighted by Gasteiger charge is 2.09. The van der Waals surface area contributed by atoms with Crippen LogP contribution in [0.25, 0.3) is 11.3 Å². The molecule has 1 heterocycles. The molecular weight excluding hydrogens is 401 g/mol. The molecule has 3 nitrogen and oxygen atoms in total. The van der Waals surface area contributed by atoms with E-state index in [-0.39, 0.29) is 12.4 Å². The number of benzene rings is 1. The summed E-state index contributed by atoms with van der Waals surface area (Å²) < 4.78 is 12.3. The second kappa shape index (κ2) is 10.4. The minimum absolute atomic E-state index is 0. The number of halogens is 3. The maximum Gasteiger partial charge on any atom is 0.135 e. The van der Waals surface area contributed by atoms with Crippen LogP contribution >= 0.6 is 39.9 Å². The molecule has 2 aromatic rings. The topological polar surface area (TPSA) is 34.4 Å². The summed E-state index contributed by atoms with van der Waals surface area (Å²) in [5, 5.41) is 4.02. The maximum absolute atomic E-state index is 6.24. The van der Waals surface area contributed by atoms with Crippen molar-refractivity contribution in [2.24, 2.45) is 0 Å². The van der Waals surface area contributed by atoms with E-state index in [0.717, 1.165) is 41.1 Å². The molecule has 0 bridgehead atoms. The van der Waals surface area contributed by atoms with Crippen LogP contribution < -0.4 is 5.32 Å². The van der Waals surface area contributed by atoms with E-state index in [1.165, 1.54) is 0 Å². The standard InChI is InChI=1S/C17H21BrClNO2.ClH/c1-12(2)21-9-3-8-20-11-14-5-7-17(22-14)15-6-4-13(18)10-16(15)19;/h4-7,10,12,20H,3,8-9,11H2,1-2H3;1H. The first kappa shape index (κ1) is 20.5. The van der Waals surface area contributed by atoms with Gasteiger partial charge in [0.05, 0.1) is 17.7 Å². The predicted octanol–water partition coefficient (Wildman–Crippen LogP) is 5.69. The van der Waals surface area contributed by atoms with Crippen LogP contribution in [0.3, 0.4) is 0 Å². The zero-order valence-corrected chi connectivity index (χ0v) is 16.4. The fourth-order valence-electron chi connectivity index (χ4n) is 2.03. The van der Waals surface area contributed by atoms with E-state index in [1.54, 1.807) is 0 Å². The van der Waals surface area contributed by atoms with Gasteiger partial charge in [-0.25, -0.2) is 0 Å². The molecule has 0 atom stereocenters. The molecule has 2 rings (SSSR count). The normalized spacial score (nSPS) is 10.8. The molecule has 0 amide bonds. The smallest absolute Gasteiger partial charge is 0.135 e. The monoisotopic (exact) mass is 421 g/mol. The Hall–Kier alpha value is -0.520. The lowest BCUT2D eigenvalue weighted by Crippen LogP contribution is -2.17. The van der Waals surface area contributed by atoms with Crippen molar-refractivity contribution in [2.75, 3.05) is 13.2 Å². The third kappa shape index (κ3) is 6.86. The van der Waals surface area contributed by atoms with Crippen molar-refractivity contribution in [1.29, 1.82) is 0 Å². The van der Waals surface area contributed by atoms with Crippen LogP contribution in [0.5, 0.6) is 0 Å². The van der Waals surface area contributed by atoms with E-state index < -0.39 is 0 Å². The summed E-state index contributed by atoms with van der Waals surface area (Å²) in [6.07, 6.45) is 1.29. The van der Waals surface area contributed by atoms with Crippen LogP contribution in [0.15, 0.2) is 39.2 Å². The van der Waals surface area contributed by atoms with Crippen molar-refractivity contribution in [3.63, 3.8) is 0 Å². The molecule has 0 unspecified atom stereocenters. The molecule has 0 saturated carbocycles. The van der Waals surface area contributed by atoms with Crippen LogP contribution in [0.1, 0.15) is 26.0 Å². The third-order valence-electron chi connectivity index (χ3n) is 3.11. The Labute approximate surface area is 157 Å². The second-order valence-electron chi connectivity index (χ2n) is 5.34. The Balaban J connectivity index is 0.00000264. The van der Waals surface area contributed by atoms with Crippen molar-refractivity contribution in [2.45, 2.75) is 32.9 Å². The van der Waals surface area contributed by atoms with E-state index in [1.807, 2.05) is 44.2 Å². The van der Waals surface area contributed by atoms with Crippen molar-refractivity contribution in [1.82, 2.24) is 5.32 Å². The van der Waals surface area contributed by atoms with Crippen molar-refractivity contribution in [3.05, 3.63) is 45.6 Å². The first-order valence-electron chi connectivity index (χ1n) is 7.42. The lowest BCUT2D eigenvalue weighted by Gasteiger charge is -2.07. The van der Waals surface area contributed by atoms with E-state index in [0.29, 0.717) is 17.7 Å². The second-order valence-corrected chi connectivity index (χ2v) is 6.66. The fraction of sp³-hybridized carbons (Fsp3) is 0.412. The van der Waals surface area contributed by atoms with Crippen LogP contribution in [0, 0.1) is 0 Å². The zero-order chi connectivity index (χ0) is 15.9. The number of ether oxygens (including phenoxy) is 1. The van der Waals surface area contributed by atoms with Gasteiger partial charge in [-0.3, -0.25) is 0 Å². The molecule has 23 heavy (non-hydrogen) atoms. The molecule has 0 aliphatic heterocycles. The van der Waals surface area contributed by atoms with Gasteiger partial charge in [0, 0.05) is 16.6 Å². The van der Waals surface area contributed by atoms with E-state index in [9.17, 15) is 0 Å². The van der Waals surface area contributed by atoms with Gasteiger partial charge in [-0.05, 0) is 57.1 Å². The number of hydrogen-bond donors (Lipinski definition) is 1. The highest BCUT2D eigenvalue weighted by atomic mass is 79.9. The Morgan fingerprint density at radius 1 is 1.26 bits per heavy atom. The summed E-state index contributed by atoms with van der Waals surface area (Å²) in [4.78, 5) is 0. The molecule has 1 aromatic heterocycles. The number of rotatable bonds is 8. The van der Waals surface area contributed by atoms with Gasteiger partial charge in [0.1, 0.15) is 11.5 Å². The zero-order valence-electron chi connectivity index (χ0n) is 13.3. The summed E-state index contributed by atoms with van der Waals surface area (Å²) in [5.41, 5.74) is 0.904. The molecule has 0 spiro atoms. The lowest BCUT2D eigenvalue weighted by molar-refractivity contribution is 0.0770. The van der Waals surface area contributed by atoms with E-state index >= 15 is 0 Å². The Morgan fingerprint density at radius 2 is 2.04 bits per heavy atom. The van der Waals surface area contributed by atoms with Crippen LogP contribution in [-0.2, 0) is 11.3 Å². The molecule has 0 radical (unpaired) electrons. The van der Waals surface area contributed by atoms with Gasteiger partial charge in [-0.2, -0.15) is 0 Å².